The van der Waals surface area contributed by atoms with Crippen LogP contribution in [0.15, 0.2) is 67.3 Å². The number of para-hydroxylation sites is 1. The maximum Gasteiger partial charge on any atom is 0.254 e. The van der Waals surface area contributed by atoms with E-state index >= 15 is 0 Å². The zero-order valence-corrected chi connectivity index (χ0v) is 15.3. The summed E-state index contributed by atoms with van der Waals surface area (Å²) < 4.78 is 0. The second-order valence-electron chi connectivity index (χ2n) is 6.40. The fourth-order valence-corrected chi connectivity index (χ4v) is 2.99. The summed E-state index contributed by atoms with van der Waals surface area (Å²) in [5.74, 6) is -0.116. The van der Waals surface area contributed by atoms with E-state index in [9.17, 15) is 4.79 Å². The van der Waals surface area contributed by atoms with E-state index < -0.39 is 0 Å². The van der Waals surface area contributed by atoms with Crippen LogP contribution < -0.4 is 4.90 Å². The lowest BCUT2D eigenvalue weighted by Crippen LogP contribution is -2.23. The molecule has 0 bridgehead atoms. The molecule has 0 aromatic heterocycles. The standard InChI is InChI=1S/C23H29NO/c1-3-5-6-7-8-10-13-20-16-18-22(19-17-20)24(23(25)4-2)21-14-11-9-12-15-21/h4,9,11-12,14-19H,2-3,5-8,10,13H2,1H3. The number of nitrogens with zero attached hydrogens (tertiary/aromatic N) is 1. The van der Waals surface area contributed by atoms with Crippen molar-refractivity contribution in [1.82, 2.24) is 0 Å². The SMILES string of the molecule is C=CC(=O)N(c1ccccc1)c1ccc(CCCCCCCC)cc1. The normalized spacial score (nSPS) is 10.4. The van der Waals surface area contributed by atoms with Gasteiger partial charge in [0.05, 0.1) is 0 Å². The largest absolute Gasteiger partial charge is 0.278 e. The highest BCUT2D eigenvalue weighted by atomic mass is 16.2. The maximum absolute atomic E-state index is 12.3. The molecule has 0 aliphatic heterocycles. The summed E-state index contributed by atoms with van der Waals surface area (Å²) in [5, 5.41) is 0. The smallest absolute Gasteiger partial charge is 0.254 e. The molecule has 0 radical (unpaired) electrons. The fraction of sp³-hybridized carbons (Fsp3) is 0.348. The number of unbranched alkanes of at least 4 members (excludes halogenated alkanes) is 5. The summed E-state index contributed by atoms with van der Waals surface area (Å²) in [5.41, 5.74) is 3.07. The molecule has 0 saturated carbocycles. The first-order valence-electron chi connectivity index (χ1n) is 9.36. The quantitative estimate of drug-likeness (QED) is 0.361. The molecule has 0 spiro atoms. The molecule has 0 atom stereocenters. The van der Waals surface area contributed by atoms with Gasteiger partial charge in [-0.3, -0.25) is 9.69 Å². The first-order valence-corrected chi connectivity index (χ1v) is 9.36. The van der Waals surface area contributed by atoms with Gasteiger partial charge in [-0.2, -0.15) is 0 Å². The Morgan fingerprint density at radius 2 is 1.48 bits per heavy atom. The van der Waals surface area contributed by atoms with Gasteiger partial charge in [0.15, 0.2) is 0 Å². The van der Waals surface area contributed by atoms with Gasteiger partial charge in [0.25, 0.3) is 5.91 Å². The van der Waals surface area contributed by atoms with Gasteiger partial charge in [0, 0.05) is 11.4 Å². The average molecular weight is 335 g/mol. The zero-order chi connectivity index (χ0) is 17.9. The van der Waals surface area contributed by atoms with Gasteiger partial charge in [-0.25, -0.2) is 0 Å². The summed E-state index contributed by atoms with van der Waals surface area (Å²) in [6, 6.07) is 18.0. The van der Waals surface area contributed by atoms with Crippen molar-refractivity contribution in [3.05, 3.63) is 72.8 Å². The molecule has 2 nitrogen and oxygen atoms in total. The van der Waals surface area contributed by atoms with Gasteiger partial charge in [-0.05, 0) is 48.7 Å². The third-order valence-electron chi connectivity index (χ3n) is 4.42. The van der Waals surface area contributed by atoms with Crippen LogP contribution in [0.5, 0.6) is 0 Å². The molecule has 1 amide bonds. The maximum atomic E-state index is 12.3. The minimum absolute atomic E-state index is 0.116. The number of anilines is 2. The lowest BCUT2D eigenvalue weighted by atomic mass is 10.0. The Labute approximate surface area is 152 Å². The zero-order valence-electron chi connectivity index (χ0n) is 15.3. The number of carbonyl (C=O) groups excluding carboxylic acids is 1. The Morgan fingerprint density at radius 3 is 2.12 bits per heavy atom. The summed E-state index contributed by atoms with van der Waals surface area (Å²) >= 11 is 0. The molecule has 25 heavy (non-hydrogen) atoms. The molecule has 0 N–H and O–H groups in total. The molecule has 2 aromatic carbocycles. The van der Waals surface area contributed by atoms with Crippen molar-refractivity contribution >= 4 is 17.3 Å². The third kappa shape index (κ3) is 5.90. The van der Waals surface area contributed by atoms with E-state index in [2.05, 4.69) is 25.6 Å². The van der Waals surface area contributed by atoms with Gasteiger partial charge in [-0.1, -0.05) is 75.9 Å². The van der Waals surface area contributed by atoms with Crippen molar-refractivity contribution < 1.29 is 4.79 Å². The fourth-order valence-electron chi connectivity index (χ4n) is 2.99. The Balaban J connectivity index is 1.99. The van der Waals surface area contributed by atoms with Crippen molar-refractivity contribution in [2.75, 3.05) is 4.90 Å². The van der Waals surface area contributed by atoms with Crippen LogP contribution in [-0.2, 0) is 11.2 Å². The molecule has 0 fully saturated rings. The molecule has 0 unspecified atom stereocenters. The monoisotopic (exact) mass is 335 g/mol. The third-order valence-corrected chi connectivity index (χ3v) is 4.42. The van der Waals surface area contributed by atoms with Crippen molar-refractivity contribution in [3.8, 4) is 0 Å². The van der Waals surface area contributed by atoms with E-state index in [1.165, 1.54) is 50.2 Å². The summed E-state index contributed by atoms with van der Waals surface area (Å²) in [6.07, 6.45) is 10.3. The van der Waals surface area contributed by atoms with Gasteiger partial charge in [0.1, 0.15) is 0 Å². The van der Waals surface area contributed by atoms with Crippen LogP contribution >= 0.6 is 0 Å². The van der Waals surface area contributed by atoms with E-state index in [1.54, 1.807) is 4.90 Å². The van der Waals surface area contributed by atoms with Crippen LogP contribution in [0, 0.1) is 0 Å². The number of aryl methyl sites for hydroxylation is 1. The minimum Gasteiger partial charge on any atom is -0.278 e. The van der Waals surface area contributed by atoms with Gasteiger partial charge < -0.3 is 0 Å². The van der Waals surface area contributed by atoms with E-state index in [4.69, 9.17) is 0 Å². The van der Waals surface area contributed by atoms with Crippen LogP contribution in [0.3, 0.4) is 0 Å². The highest BCUT2D eigenvalue weighted by Gasteiger charge is 2.14. The van der Waals surface area contributed by atoms with Gasteiger partial charge in [-0.15, -0.1) is 0 Å². The molecular formula is C23H29NO. The number of benzene rings is 2. The predicted octanol–water partition coefficient (Wildman–Crippen LogP) is 6.44. The molecule has 0 heterocycles. The molecule has 0 aliphatic carbocycles. The van der Waals surface area contributed by atoms with Gasteiger partial charge in [0.2, 0.25) is 0 Å². The van der Waals surface area contributed by atoms with Gasteiger partial charge >= 0.3 is 0 Å². The minimum atomic E-state index is -0.116. The van der Waals surface area contributed by atoms with E-state index in [1.807, 2.05) is 42.5 Å². The lowest BCUT2D eigenvalue weighted by molar-refractivity contribution is -0.113. The summed E-state index contributed by atoms with van der Waals surface area (Å²) in [6.45, 7) is 5.88. The van der Waals surface area contributed by atoms with Crippen LogP contribution in [0.4, 0.5) is 11.4 Å². The first kappa shape index (κ1) is 19.0. The highest BCUT2D eigenvalue weighted by molar-refractivity contribution is 6.06. The number of rotatable bonds is 10. The predicted molar refractivity (Wildman–Crippen MR) is 107 cm³/mol. The molecule has 2 heteroatoms. The van der Waals surface area contributed by atoms with E-state index in [-0.39, 0.29) is 5.91 Å². The lowest BCUT2D eigenvalue weighted by Gasteiger charge is -2.21. The Morgan fingerprint density at radius 1 is 0.880 bits per heavy atom. The van der Waals surface area contributed by atoms with Crippen LogP contribution in [-0.4, -0.2) is 5.91 Å². The van der Waals surface area contributed by atoms with Crippen molar-refractivity contribution in [2.45, 2.75) is 51.9 Å². The summed E-state index contributed by atoms with van der Waals surface area (Å²) in [7, 11) is 0. The topological polar surface area (TPSA) is 20.3 Å². The average Bonchev–Trinajstić information content (AvgIpc) is 2.66. The molecule has 132 valence electrons. The van der Waals surface area contributed by atoms with Crippen molar-refractivity contribution in [1.29, 1.82) is 0 Å². The Hall–Kier alpha value is -2.35. The number of hydrogen-bond acceptors (Lipinski definition) is 1. The molecule has 0 saturated heterocycles. The van der Waals surface area contributed by atoms with Crippen LogP contribution in [0.2, 0.25) is 0 Å². The molecule has 2 aromatic rings. The number of carbonyl (C=O) groups is 1. The number of amides is 1. The van der Waals surface area contributed by atoms with E-state index in [0.29, 0.717) is 0 Å². The van der Waals surface area contributed by atoms with Crippen LogP contribution in [0.1, 0.15) is 51.0 Å². The summed E-state index contributed by atoms with van der Waals surface area (Å²) in [4.78, 5) is 14.0. The van der Waals surface area contributed by atoms with Crippen molar-refractivity contribution in [3.63, 3.8) is 0 Å². The Bertz CT molecular complexity index is 646. The Kier molecular flexibility index (Phi) is 7.97. The molecular weight excluding hydrogens is 306 g/mol. The highest BCUT2D eigenvalue weighted by Crippen LogP contribution is 2.26. The van der Waals surface area contributed by atoms with E-state index in [0.717, 1.165) is 17.8 Å². The second-order valence-corrected chi connectivity index (χ2v) is 6.40. The van der Waals surface area contributed by atoms with Crippen LogP contribution in [0.25, 0.3) is 0 Å². The van der Waals surface area contributed by atoms with Crippen molar-refractivity contribution in [2.24, 2.45) is 0 Å². The molecule has 0 aliphatic rings. The number of hydrogen-bond donors (Lipinski definition) is 0. The second kappa shape index (κ2) is 10.5. The first-order chi connectivity index (χ1) is 12.3. The molecule has 2 rings (SSSR count).